The number of nitrogens with one attached hydrogen (secondary N) is 1. The van der Waals surface area contributed by atoms with E-state index in [4.69, 9.17) is 5.11 Å². The zero-order valence-electron chi connectivity index (χ0n) is 12.2. The average Bonchev–Trinajstić information content (AvgIpc) is 2.93. The highest BCUT2D eigenvalue weighted by Gasteiger charge is 2.18. The minimum Gasteiger partial charge on any atom is -0.480 e. The summed E-state index contributed by atoms with van der Waals surface area (Å²) in [5.74, 6) is -0.779. The second-order valence-electron chi connectivity index (χ2n) is 5.64. The van der Waals surface area contributed by atoms with Gasteiger partial charge in [-0.2, -0.15) is 5.10 Å². The van der Waals surface area contributed by atoms with Gasteiger partial charge in [0.1, 0.15) is 6.04 Å². The van der Waals surface area contributed by atoms with E-state index < -0.39 is 12.0 Å². The van der Waals surface area contributed by atoms with Gasteiger partial charge in [0, 0.05) is 12.7 Å². The van der Waals surface area contributed by atoms with Crippen molar-refractivity contribution in [3.05, 3.63) is 18.0 Å². The Labute approximate surface area is 120 Å². The first-order chi connectivity index (χ1) is 9.70. The molecular formula is C15H25N3O2. The van der Waals surface area contributed by atoms with Gasteiger partial charge >= 0.3 is 5.97 Å². The van der Waals surface area contributed by atoms with Crippen LogP contribution in [0.2, 0.25) is 0 Å². The molecule has 1 unspecified atom stereocenters. The van der Waals surface area contributed by atoms with Crippen LogP contribution in [-0.4, -0.2) is 26.9 Å². The van der Waals surface area contributed by atoms with E-state index in [0.717, 1.165) is 12.1 Å². The van der Waals surface area contributed by atoms with Crippen LogP contribution in [0.5, 0.6) is 0 Å². The molecule has 0 radical (unpaired) electrons. The Morgan fingerprint density at radius 1 is 1.50 bits per heavy atom. The first kappa shape index (κ1) is 15.0. The van der Waals surface area contributed by atoms with Crippen molar-refractivity contribution in [3.63, 3.8) is 0 Å². The lowest BCUT2D eigenvalue weighted by Crippen LogP contribution is -2.36. The third-order valence-corrected chi connectivity index (χ3v) is 4.02. The summed E-state index contributed by atoms with van der Waals surface area (Å²) in [6.45, 7) is 2.52. The van der Waals surface area contributed by atoms with Crippen molar-refractivity contribution < 1.29 is 9.90 Å². The molecule has 20 heavy (non-hydrogen) atoms. The summed E-state index contributed by atoms with van der Waals surface area (Å²) in [7, 11) is 0. The fourth-order valence-electron chi connectivity index (χ4n) is 2.85. The molecule has 5 nitrogen and oxygen atoms in total. The van der Waals surface area contributed by atoms with Crippen LogP contribution >= 0.6 is 0 Å². The molecule has 1 atom stereocenters. The van der Waals surface area contributed by atoms with E-state index in [1.54, 1.807) is 0 Å². The average molecular weight is 279 g/mol. The molecule has 0 aromatic carbocycles. The van der Waals surface area contributed by atoms with Crippen LogP contribution in [0.3, 0.4) is 0 Å². The summed E-state index contributed by atoms with van der Waals surface area (Å²) in [6, 6.07) is 2.05. The van der Waals surface area contributed by atoms with Crippen molar-refractivity contribution in [2.45, 2.75) is 70.5 Å². The lowest BCUT2D eigenvalue weighted by atomic mass is 9.96. The minimum atomic E-state index is -0.779. The highest BCUT2D eigenvalue weighted by molar-refractivity contribution is 5.73. The van der Waals surface area contributed by atoms with E-state index in [9.17, 15) is 4.79 Å². The molecule has 0 amide bonds. The van der Waals surface area contributed by atoms with Gasteiger partial charge in [-0.05, 0) is 25.3 Å². The summed E-state index contributed by atoms with van der Waals surface area (Å²) < 4.78 is 2.06. The highest BCUT2D eigenvalue weighted by Crippen LogP contribution is 2.27. The molecule has 1 aliphatic rings. The fraction of sp³-hybridized carbons (Fsp3) is 0.733. The number of aromatic nitrogens is 2. The third kappa shape index (κ3) is 4.07. The number of hydrogen-bond acceptors (Lipinski definition) is 3. The molecule has 0 bridgehead atoms. The largest absolute Gasteiger partial charge is 0.480 e. The van der Waals surface area contributed by atoms with Crippen LogP contribution in [0.25, 0.3) is 0 Å². The summed E-state index contributed by atoms with van der Waals surface area (Å²) in [4.78, 5) is 11.1. The summed E-state index contributed by atoms with van der Waals surface area (Å²) >= 11 is 0. The molecule has 2 rings (SSSR count). The zero-order chi connectivity index (χ0) is 14.4. The molecule has 1 aliphatic carbocycles. The predicted octanol–water partition coefficient (Wildman–Crippen LogP) is 2.73. The Kier molecular flexibility index (Phi) is 5.59. The Bertz CT molecular complexity index is 425. The maximum Gasteiger partial charge on any atom is 0.320 e. The van der Waals surface area contributed by atoms with Gasteiger partial charge in [0.25, 0.3) is 0 Å². The van der Waals surface area contributed by atoms with Gasteiger partial charge in [-0.15, -0.1) is 0 Å². The smallest absolute Gasteiger partial charge is 0.320 e. The van der Waals surface area contributed by atoms with Crippen molar-refractivity contribution in [1.29, 1.82) is 0 Å². The summed E-state index contributed by atoms with van der Waals surface area (Å²) in [5.41, 5.74) is 0.929. The SMILES string of the molecule is CCCC(NCc1ccn(C2CCCCC2)n1)C(=O)O. The molecule has 0 saturated heterocycles. The second kappa shape index (κ2) is 7.43. The number of aliphatic carboxylic acids is 1. The predicted molar refractivity (Wildman–Crippen MR) is 77.5 cm³/mol. The quantitative estimate of drug-likeness (QED) is 0.805. The molecular weight excluding hydrogens is 254 g/mol. The number of nitrogens with zero attached hydrogens (tertiary/aromatic N) is 2. The molecule has 2 N–H and O–H groups in total. The number of hydrogen-bond donors (Lipinski definition) is 2. The van der Waals surface area contributed by atoms with E-state index in [0.29, 0.717) is 19.0 Å². The first-order valence-electron chi connectivity index (χ1n) is 7.71. The molecule has 5 heteroatoms. The Morgan fingerprint density at radius 3 is 2.90 bits per heavy atom. The van der Waals surface area contributed by atoms with E-state index >= 15 is 0 Å². The van der Waals surface area contributed by atoms with Crippen molar-refractivity contribution in [3.8, 4) is 0 Å². The maximum atomic E-state index is 11.1. The Morgan fingerprint density at radius 2 is 2.25 bits per heavy atom. The van der Waals surface area contributed by atoms with Crippen molar-refractivity contribution >= 4 is 5.97 Å². The van der Waals surface area contributed by atoms with E-state index in [1.807, 2.05) is 19.2 Å². The third-order valence-electron chi connectivity index (χ3n) is 4.02. The van der Waals surface area contributed by atoms with Gasteiger partial charge < -0.3 is 5.11 Å². The number of carboxylic acids is 1. The van der Waals surface area contributed by atoms with Gasteiger partial charge in [-0.25, -0.2) is 0 Å². The monoisotopic (exact) mass is 279 g/mol. The molecule has 1 fully saturated rings. The lowest BCUT2D eigenvalue weighted by molar-refractivity contribution is -0.139. The van der Waals surface area contributed by atoms with Gasteiger partial charge in [0.05, 0.1) is 11.7 Å². The van der Waals surface area contributed by atoms with E-state index in [2.05, 4.69) is 15.1 Å². The molecule has 112 valence electrons. The second-order valence-corrected chi connectivity index (χ2v) is 5.64. The molecule has 1 aromatic heterocycles. The van der Waals surface area contributed by atoms with Gasteiger partial charge in [0.2, 0.25) is 0 Å². The van der Waals surface area contributed by atoms with E-state index in [-0.39, 0.29) is 0 Å². The lowest BCUT2D eigenvalue weighted by Gasteiger charge is -2.21. The van der Waals surface area contributed by atoms with Crippen LogP contribution in [0, 0.1) is 0 Å². The summed E-state index contributed by atoms with van der Waals surface area (Å²) in [6.07, 6.45) is 9.88. The summed E-state index contributed by atoms with van der Waals surface area (Å²) in [5, 5.41) is 16.8. The first-order valence-corrected chi connectivity index (χ1v) is 7.71. The topological polar surface area (TPSA) is 67.2 Å². The van der Waals surface area contributed by atoms with Crippen LogP contribution in [0.4, 0.5) is 0 Å². The van der Waals surface area contributed by atoms with Gasteiger partial charge in [-0.3, -0.25) is 14.8 Å². The van der Waals surface area contributed by atoms with Crippen LogP contribution in [-0.2, 0) is 11.3 Å². The fourth-order valence-corrected chi connectivity index (χ4v) is 2.85. The van der Waals surface area contributed by atoms with Crippen LogP contribution < -0.4 is 5.32 Å². The number of rotatable bonds is 7. The van der Waals surface area contributed by atoms with Crippen LogP contribution in [0.15, 0.2) is 12.3 Å². The molecule has 1 aromatic rings. The van der Waals surface area contributed by atoms with Crippen LogP contribution in [0.1, 0.15) is 63.6 Å². The maximum absolute atomic E-state index is 11.1. The Balaban J connectivity index is 1.87. The standard InChI is InChI=1S/C15H25N3O2/c1-2-6-14(15(19)20)16-11-12-9-10-18(17-12)13-7-4-3-5-8-13/h9-10,13-14,16H,2-8,11H2,1H3,(H,19,20). The molecule has 1 saturated carbocycles. The molecule has 1 heterocycles. The zero-order valence-corrected chi connectivity index (χ0v) is 12.2. The number of carbonyl (C=O) groups is 1. The van der Waals surface area contributed by atoms with Gasteiger partial charge in [-0.1, -0.05) is 32.6 Å². The Hall–Kier alpha value is -1.36. The normalized spacial score (nSPS) is 18.1. The van der Waals surface area contributed by atoms with Crippen molar-refractivity contribution in [1.82, 2.24) is 15.1 Å². The molecule has 0 aliphatic heterocycles. The van der Waals surface area contributed by atoms with Crippen molar-refractivity contribution in [2.75, 3.05) is 0 Å². The number of carboxylic acid groups (broad SMARTS) is 1. The van der Waals surface area contributed by atoms with Gasteiger partial charge in [0.15, 0.2) is 0 Å². The molecule has 0 spiro atoms. The van der Waals surface area contributed by atoms with E-state index in [1.165, 1.54) is 32.1 Å². The highest BCUT2D eigenvalue weighted by atomic mass is 16.4. The van der Waals surface area contributed by atoms with Crippen molar-refractivity contribution in [2.24, 2.45) is 0 Å². The minimum absolute atomic E-state index is 0.472.